The van der Waals surface area contributed by atoms with Gasteiger partial charge in [0.05, 0.1) is 5.41 Å². The van der Waals surface area contributed by atoms with Crippen molar-refractivity contribution >= 4 is 17.3 Å². The summed E-state index contributed by atoms with van der Waals surface area (Å²) in [4.78, 5) is 12.9. The van der Waals surface area contributed by atoms with E-state index in [1.165, 1.54) is 5.56 Å². The van der Waals surface area contributed by atoms with E-state index in [1.54, 1.807) is 18.2 Å². The molecule has 1 aliphatic carbocycles. The van der Waals surface area contributed by atoms with E-state index in [0.29, 0.717) is 6.04 Å². The second-order valence-corrected chi connectivity index (χ2v) is 8.73. The molecule has 136 valence electrons. The van der Waals surface area contributed by atoms with Gasteiger partial charge >= 0.3 is 0 Å². The number of hydrogen-bond acceptors (Lipinski definition) is 3. The Bertz CT molecular complexity index is 863. The van der Waals surface area contributed by atoms with Crippen LogP contribution in [0.1, 0.15) is 44.7 Å². The third-order valence-electron chi connectivity index (χ3n) is 5.75. The Kier molecular flexibility index (Phi) is 3.76. The van der Waals surface area contributed by atoms with E-state index in [2.05, 4.69) is 43.5 Å². The fourth-order valence-corrected chi connectivity index (χ4v) is 3.79. The Balaban J connectivity index is 1.52. The first-order chi connectivity index (χ1) is 12.3. The fourth-order valence-electron chi connectivity index (χ4n) is 3.79. The highest BCUT2D eigenvalue weighted by atomic mass is 16.3. The largest absolute Gasteiger partial charge is 0.508 e. The molecule has 1 saturated carbocycles. The summed E-state index contributed by atoms with van der Waals surface area (Å²) in [6, 6.07) is 13.6. The number of nitrogens with one attached hydrogen (secondary N) is 2. The molecule has 0 bridgehead atoms. The van der Waals surface area contributed by atoms with Crippen molar-refractivity contribution in [3.05, 3.63) is 53.6 Å². The predicted octanol–water partition coefficient (Wildman–Crippen LogP) is 4.45. The molecule has 1 atom stereocenters. The molecule has 0 radical (unpaired) electrons. The van der Waals surface area contributed by atoms with E-state index < -0.39 is 5.41 Å². The molecule has 4 heteroatoms. The van der Waals surface area contributed by atoms with Crippen molar-refractivity contribution in [3.8, 4) is 5.75 Å². The van der Waals surface area contributed by atoms with Gasteiger partial charge in [-0.25, -0.2) is 0 Å². The van der Waals surface area contributed by atoms with Gasteiger partial charge < -0.3 is 15.7 Å². The molecule has 0 saturated heterocycles. The van der Waals surface area contributed by atoms with Gasteiger partial charge in [0, 0.05) is 17.4 Å². The van der Waals surface area contributed by atoms with Crippen LogP contribution in [-0.4, -0.2) is 17.1 Å². The van der Waals surface area contributed by atoms with Gasteiger partial charge in [0.25, 0.3) is 0 Å². The lowest BCUT2D eigenvalue weighted by Crippen LogP contribution is -2.31. The third-order valence-corrected chi connectivity index (χ3v) is 5.75. The number of benzene rings is 2. The number of carbonyl (C=O) groups excluding carboxylic acids is 1. The van der Waals surface area contributed by atoms with Gasteiger partial charge in [0.2, 0.25) is 5.91 Å². The Morgan fingerprint density at radius 2 is 1.96 bits per heavy atom. The summed E-state index contributed by atoms with van der Waals surface area (Å²) in [6.45, 7) is 6.72. The van der Waals surface area contributed by atoms with E-state index in [0.717, 1.165) is 36.2 Å². The molecule has 0 spiro atoms. The minimum absolute atomic E-state index is 0.0152. The zero-order valence-electron chi connectivity index (χ0n) is 15.6. The van der Waals surface area contributed by atoms with Crippen LogP contribution in [0.2, 0.25) is 0 Å². The lowest BCUT2D eigenvalue weighted by Gasteiger charge is -2.27. The molecular formula is C22H26N2O2. The number of anilines is 2. The maximum atomic E-state index is 12.9. The van der Waals surface area contributed by atoms with Crippen molar-refractivity contribution in [2.45, 2.75) is 51.5 Å². The number of phenols is 1. The smallest absolute Gasteiger partial charge is 0.235 e. The van der Waals surface area contributed by atoms with Crippen molar-refractivity contribution in [3.63, 3.8) is 0 Å². The van der Waals surface area contributed by atoms with Gasteiger partial charge in [-0.05, 0) is 66.1 Å². The maximum Gasteiger partial charge on any atom is 0.235 e. The summed E-state index contributed by atoms with van der Waals surface area (Å²) in [5, 5.41) is 16.4. The van der Waals surface area contributed by atoms with Crippen molar-refractivity contribution < 1.29 is 9.90 Å². The van der Waals surface area contributed by atoms with Crippen LogP contribution in [0.3, 0.4) is 0 Å². The second kappa shape index (κ2) is 5.76. The Morgan fingerprint density at radius 3 is 2.62 bits per heavy atom. The fraction of sp³-hybridized carbons (Fsp3) is 0.409. The quantitative estimate of drug-likeness (QED) is 0.767. The van der Waals surface area contributed by atoms with E-state index in [-0.39, 0.29) is 17.1 Å². The highest BCUT2D eigenvalue weighted by molar-refractivity contribution is 6.01. The van der Waals surface area contributed by atoms with Crippen LogP contribution in [-0.2, 0) is 16.6 Å². The Hall–Kier alpha value is -2.49. The van der Waals surface area contributed by atoms with Crippen molar-refractivity contribution in [1.82, 2.24) is 0 Å². The summed E-state index contributed by atoms with van der Waals surface area (Å²) < 4.78 is 0. The number of hydrogen-bond donors (Lipinski definition) is 3. The molecule has 4 rings (SSSR count). The number of amides is 1. The van der Waals surface area contributed by atoms with Gasteiger partial charge in [0.1, 0.15) is 5.75 Å². The van der Waals surface area contributed by atoms with E-state index >= 15 is 0 Å². The summed E-state index contributed by atoms with van der Waals surface area (Å²) in [6.07, 6.45) is 2.61. The molecule has 2 aromatic rings. The zero-order chi connectivity index (χ0) is 18.5. The van der Waals surface area contributed by atoms with E-state index in [1.807, 2.05) is 12.1 Å². The zero-order valence-corrected chi connectivity index (χ0v) is 15.6. The standard InChI is InChI=1S/C22H26N2O2/c1-21(2,3)19-12-14-11-16(7-8-18(14)24-19)23-20(26)22(9-10-22)15-5-4-6-17(25)13-15/h4-8,11,13,19,24-25H,9-10,12H2,1-3H3,(H,23,26). The van der Waals surface area contributed by atoms with Gasteiger partial charge in [-0.15, -0.1) is 0 Å². The summed E-state index contributed by atoms with van der Waals surface area (Å²) >= 11 is 0. The first-order valence-corrected chi connectivity index (χ1v) is 9.28. The van der Waals surface area contributed by atoms with Crippen LogP contribution >= 0.6 is 0 Å². The van der Waals surface area contributed by atoms with Gasteiger partial charge in [-0.2, -0.15) is 0 Å². The molecule has 1 heterocycles. The van der Waals surface area contributed by atoms with Crippen LogP contribution in [0.5, 0.6) is 5.75 Å². The van der Waals surface area contributed by atoms with Gasteiger partial charge in [0.15, 0.2) is 0 Å². The predicted molar refractivity (Wildman–Crippen MR) is 105 cm³/mol. The number of phenolic OH excluding ortho intramolecular Hbond substituents is 1. The van der Waals surface area contributed by atoms with Gasteiger partial charge in [-0.3, -0.25) is 4.79 Å². The molecule has 2 aliphatic rings. The number of carbonyl (C=O) groups is 1. The maximum absolute atomic E-state index is 12.9. The first-order valence-electron chi connectivity index (χ1n) is 9.28. The van der Waals surface area contributed by atoms with Crippen molar-refractivity contribution in [2.75, 3.05) is 10.6 Å². The highest BCUT2D eigenvalue weighted by Crippen LogP contribution is 2.49. The minimum atomic E-state index is -0.496. The molecule has 2 aromatic carbocycles. The van der Waals surface area contributed by atoms with E-state index in [4.69, 9.17) is 0 Å². The normalized spacial score (nSPS) is 20.2. The second-order valence-electron chi connectivity index (χ2n) is 8.73. The molecule has 26 heavy (non-hydrogen) atoms. The average Bonchev–Trinajstić information content (AvgIpc) is 3.27. The van der Waals surface area contributed by atoms with Crippen LogP contribution in [0.25, 0.3) is 0 Å². The lowest BCUT2D eigenvalue weighted by molar-refractivity contribution is -0.118. The lowest BCUT2D eigenvalue weighted by atomic mass is 9.85. The number of fused-ring (bicyclic) bond motifs is 1. The molecule has 1 aliphatic heterocycles. The molecule has 4 nitrogen and oxygen atoms in total. The van der Waals surface area contributed by atoms with E-state index in [9.17, 15) is 9.90 Å². The van der Waals surface area contributed by atoms with Crippen LogP contribution in [0.15, 0.2) is 42.5 Å². The SMILES string of the molecule is CC(C)(C)C1Cc2cc(NC(=O)C3(c4cccc(O)c4)CC3)ccc2N1. The number of rotatable bonds is 3. The summed E-state index contributed by atoms with van der Waals surface area (Å²) in [5.41, 5.74) is 3.85. The van der Waals surface area contributed by atoms with Gasteiger partial charge in [-0.1, -0.05) is 32.9 Å². The molecule has 1 unspecified atom stereocenters. The van der Waals surface area contributed by atoms with Crippen molar-refractivity contribution in [2.24, 2.45) is 5.41 Å². The molecule has 0 aromatic heterocycles. The molecular weight excluding hydrogens is 324 g/mol. The summed E-state index contributed by atoms with van der Waals surface area (Å²) in [7, 11) is 0. The molecule has 1 fully saturated rings. The Morgan fingerprint density at radius 1 is 1.19 bits per heavy atom. The molecule has 1 amide bonds. The van der Waals surface area contributed by atoms with Crippen LogP contribution in [0, 0.1) is 5.41 Å². The third kappa shape index (κ3) is 2.94. The Labute approximate surface area is 154 Å². The topological polar surface area (TPSA) is 61.4 Å². The highest BCUT2D eigenvalue weighted by Gasteiger charge is 2.51. The number of aromatic hydroxyl groups is 1. The van der Waals surface area contributed by atoms with Crippen LogP contribution < -0.4 is 10.6 Å². The van der Waals surface area contributed by atoms with Crippen LogP contribution in [0.4, 0.5) is 11.4 Å². The first kappa shape index (κ1) is 17.0. The average molecular weight is 350 g/mol. The summed E-state index contributed by atoms with van der Waals surface area (Å²) in [5.74, 6) is 0.222. The minimum Gasteiger partial charge on any atom is -0.508 e. The molecule has 3 N–H and O–H groups in total. The van der Waals surface area contributed by atoms with Crippen molar-refractivity contribution in [1.29, 1.82) is 0 Å². The monoisotopic (exact) mass is 350 g/mol.